The van der Waals surface area contributed by atoms with Crippen LogP contribution in [0.25, 0.3) is 0 Å². The van der Waals surface area contributed by atoms with Crippen molar-refractivity contribution in [3.05, 3.63) is 34.6 Å². The number of carbonyl (C=O) groups excluding carboxylic acids is 1. The first-order chi connectivity index (χ1) is 8.13. The number of halogens is 2. The van der Waals surface area contributed by atoms with Crippen LogP contribution in [-0.4, -0.2) is 19.1 Å². The SMILES string of the molecule is CCOC(=O)CCNCc1cc(F)ccc1Cl. The Bertz CT molecular complexity index is 385. The van der Waals surface area contributed by atoms with E-state index in [0.717, 1.165) is 0 Å². The second-order valence-electron chi connectivity index (χ2n) is 3.47. The van der Waals surface area contributed by atoms with Crippen molar-refractivity contribution in [2.45, 2.75) is 19.9 Å². The van der Waals surface area contributed by atoms with Crippen molar-refractivity contribution >= 4 is 17.6 Å². The Hall–Kier alpha value is -1.13. The molecule has 1 rings (SSSR count). The van der Waals surface area contributed by atoms with Crippen LogP contribution in [0.4, 0.5) is 4.39 Å². The monoisotopic (exact) mass is 259 g/mol. The Labute approximate surface area is 105 Å². The Kier molecular flexibility index (Phi) is 5.94. The fraction of sp³-hybridized carbons (Fsp3) is 0.417. The van der Waals surface area contributed by atoms with Gasteiger partial charge in [0.2, 0.25) is 0 Å². The molecule has 5 heteroatoms. The van der Waals surface area contributed by atoms with Crippen LogP contribution in [0.3, 0.4) is 0 Å². The minimum Gasteiger partial charge on any atom is -0.466 e. The molecule has 0 unspecified atom stereocenters. The molecule has 1 N–H and O–H groups in total. The first kappa shape index (κ1) is 13.9. The minimum absolute atomic E-state index is 0.245. The zero-order valence-electron chi connectivity index (χ0n) is 9.63. The first-order valence-corrected chi connectivity index (χ1v) is 5.81. The molecule has 0 atom stereocenters. The number of benzene rings is 1. The normalized spacial score (nSPS) is 10.3. The van der Waals surface area contributed by atoms with Crippen LogP contribution in [0.1, 0.15) is 18.9 Å². The standard InChI is InChI=1S/C12H15ClFNO2/c1-2-17-12(16)5-6-15-8-9-7-10(14)3-4-11(9)13/h3-4,7,15H,2,5-6,8H2,1H3. The fourth-order valence-corrected chi connectivity index (χ4v) is 1.51. The minimum atomic E-state index is -0.323. The molecule has 0 heterocycles. The van der Waals surface area contributed by atoms with E-state index in [1.165, 1.54) is 18.2 Å². The maximum atomic E-state index is 12.9. The average molecular weight is 260 g/mol. The molecule has 1 aromatic carbocycles. The van der Waals surface area contributed by atoms with E-state index in [2.05, 4.69) is 5.32 Å². The van der Waals surface area contributed by atoms with Crippen molar-refractivity contribution < 1.29 is 13.9 Å². The Morgan fingerprint density at radius 3 is 3.00 bits per heavy atom. The van der Waals surface area contributed by atoms with Crippen molar-refractivity contribution in [1.82, 2.24) is 5.32 Å². The Morgan fingerprint density at radius 1 is 1.53 bits per heavy atom. The van der Waals surface area contributed by atoms with Crippen molar-refractivity contribution in [3.8, 4) is 0 Å². The van der Waals surface area contributed by atoms with Crippen LogP contribution in [0.2, 0.25) is 5.02 Å². The molecule has 0 saturated carbocycles. The molecule has 0 saturated heterocycles. The van der Waals surface area contributed by atoms with Gasteiger partial charge in [0.25, 0.3) is 0 Å². The molecule has 1 aromatic rings. The summed E-state index contributed by atoms with van der Waals surface area (Å²) >= 11 is 5.89. The van der Waals surface area contributed by atoms with Gasteiger partial charge < -0.3 is 10.1 Å². The second-order valence-corrected chi connectivity index (χ2v) is 3.87. The van der Waals surface area contributed by atoms with Gasteiger partial charge in [-0.3, -0.25) is 4.79 Å². The molecule has 0 aromatic heterocycles. The zero-order valence-corrected chi connectivity index (χ0v) is 10.4. The summed E-state index contributed by atoms with van der Waals surface area (Å²) in [6.45, 7) is 3.05. The molecule has 0 radical (unpaired) electrons. The molecular weight excluding hydrogens is 245 g/mol. The quantitative estimate of drug-likeness (QED) is 0.630. The van der Waals surface area contributed by atoms with Crippen molar-refractivity contribution in [2.75, 3.05) is 13.2 Å². The molecule has 17 heavy (non-hydrogen) atoms. The van der Waals surface area contributed by atoms with E-state index in [1.54, 1.807) is 6.92 Å². The third-order valence-corrected chi connectivity index (χ3v) is 2.50. The third kappa shape index (κ3) is 5.15. The van der Waals surface area contributed by atoms with Crippen LogP contribution in [0.5, 0.6) is 0 Å². The summed E-state index contributed by atoms with van der Waals surface area (Å²) in [5.41, 5.74) is 0.676. The predicted molar refractivity (Wildman–Crippen MR) is 64.4 cm³/mol. The summed E-state index contributed by atoms with van der Waals surface area (Å²) < 4.78 is 17.7. The van der Waals surface area contributed by atoms with E-state index in [-0.39, 0.29) is 11.8 Å². The molecule has 94 valence electrons. The predicted octanol–water partition coefficient (Wildman–Crippen LogP) is 2.52. The molecule has 0 aliphatic rings. The van der Waals surface area contributed by atoms with Crippen LogP contribution in [0.15, 0.2) is 18.2 Å². The first-order valence-electron chi connectivity index (χ1n) is 5.43. The lowest BCUT2D eigenvalue weighted by molar-refractivity contribution is -0.142. The summed E-state index contributed by atoms with van der Waals surface area (Å²) in [5.74, 6) is -0.568. The molecule has 0 fully saturated rings. The summed E-state index contributed by atoms with van der Waals surface area (Å²) in [5, 5.41) is 3.52. The van der Waals surface area contributed by atoms with Gasteiger partial charge >= 0.3 is 5.97 Å². The highest BCUT2D eigenvalue weighted by molar-refractivity contribution is 6.31. The van der Waals surface area contributed by atoms with Crippen molar-refractivity contribution in [3.63, 3.8) is 0 Å². The number of rotatable bonds is 6. The Morgan fingerprint density at radius 2 is 2.29 bits per heavy atom. The lowest BCUT2D eigenvalue weighted by Gasteiger charge is -2.06. The highest BCUT2D eigenvalue weighted by Gasteiger charge is 2.03. The van der Waals surface area contributed by atoms with Crippen molar-refractivity contribution in [2.24, 2.45) is 0 Å². The summed E-state index contributed by atoms with van der Waals surface area (Å²) in [4.78, 5) is 11.0. The molecule has 0 amide bonds. The van der Waals surface area contributed by atoms with Crippen LogP contribution >= 0.6 is 11.6 Å². The molecule has 0 aliphatic heterocycles. The number of ether oxygens (including phenoxy) is 1. The molecule has 0 bridgehead atoms. The van der Waals surface area contributed by atoms with E-state index in [4.69, 9.17) is 16.3 Å². The van der Waals surface area contributed by atoms with Crippen LogP contribution in [-0.2, 0) is 16.1 Å². The summed E-state index contributed by atoms with van der Waals surface area (Å²) in [7, 11) is 0. The van der Waals surface area contributed by atoms with Gasteiger partial charge in [0, 0.05) is 18.1 Å². The Balaban J connectivity index is 2.31. The highest BCUT2D eigenvalue weighted by Crippen LogP contribution is 2.16. The number of nitrogens with one attached hydrogen (secondary N) is 1. The number of esters is 1. The van der Waals surface area contributed by atoms with Crippen LogP contribution < -0.4 is 5.32 Å². The highest BCUT2D eigenvalue weighted by atomic mass is 35.5. The summed E-state index contributed by atoms with van der Waals surface area (Å²) in [6, 6.07) is 4.20. The van der Waals surface area contributed by atoms with E-state index in [1.807, 2.05) is 0 Å². The average Bonchev–Trinajstić information content (AvgIpc) is 2.29. The molecule has 0 spiro atoms. The topological polar surface area (TPSA) is 38.3 Å². The van der Waals surface area contributed by atoms with Crippen molar-refractivity contribution in [1.29, 1.82) is 0 Å². The number of hydrogen-bond donors (Lipinski definition) is 1. The van der Waals surface area contributed by atoms with Gasteiger partial charge in [-0.2, -0.15) is 0 Å². The molecule has 0 aliphatic carbocycles. The van der Waals surface area contributed by atoms with Gasteiger partial charge in [0.05, 0.1) is 13.0 Å². The number of carbonyl (C=O) groups is 1. The van der Waals surface area contributed by atoms with Gasteiger partial charge in [-0.25, -0.2) is 4.39 Å². The maximum absolute atomic E-state index is 12.9. The van der Waals surface area contributed by atoms with Gasteiger partial charge in [-0.15, -0.1) is 0 Å². The lowest BCUT2D eigenvalue weighted by Crippen LogP contribution is -2.19. The third-order valence-electron chi connectivity index (χ3n) is 2.13. The molecular formula is C12H15ClFNO2. The fourth-order valence-electron chi connectivity index (χ4n) is 1.33. The van der Waals surface area contributed by atoms with Gasteiger partial charge in [-0.05, 0) is 30.7 Å². The van der Waals surface area contributed by atoms with E-state index < -0.39 is 0 Å². The van der Waals surface area contributed by atoms with E-state index in [9.17, 15) is 9.18 Å². The zero-order chi connectivity index (χ0) is 12.7. The van der Waals surface area contributed by atoms with Crippen LogP contribution in [0, 0.1) is 5.82 Å². The van der Waals surface area contributed by atoms with E-state index >= 15 is 0 Å². The largest absolute Gasteiger partial charge is 0.466 e. The second kappa shape index (κ2) is 7.25. The van der Waals surface area contributed by atoms with E-state index in [0.29, 0.717) is 36.7 Å². The van der Waals surface area contributed by atoms with Gasteiger partial charge in [-0.1, -0.05) is 11.6 Å². The lowest BCUT2D eigenvalue weighted by atomic mass is 10.2. The van der Waals surface area contributed by atoms with Gasteiger partial charge in [0.15, 0.2) is 0 Å². The van der Waals surface area contributed by atoms with Gasteiger partial charge in [0.1, 0.15) is 5.82 Å². The maximum Gasteiger partial charge on any atom is 0.307 e. The number of hydrogen-bond acceptors (Lipinski definition) is 3. The molecule has 3 nitrogen and oxygen atoms in total. The smallest absolute Gasteiger partial charge is 0.307 e. The summed E-state index contributed by atoms with van der Waals surface area (Å²) in [6.07, 6.45) is 0.292.